The van der Waals surface area contributed by atoms with Crippen molar-refractivity contribution in [3.8, 4) is 11.4 Å². The number of likely N-dealkylation sites (tertiary alicyclic amines) is 1. The molecule has 142 valence electrons. The van der Waals surface area contributed by atoms with Crippen molar-refractivity contribution < 1.29 is 4.79 Å². The molecule has 3 aromatic rings. The standard InChI is InChI=1S/C22H22N4O2/c27-21-19(15-24-20(25-21)18-8-4-11-23-14-18)22(28)26-12-5-9-17(10-13-26)16-6-2-1-3-7-16/h1-4,6-8,11,14-15,17H,5,9-10,12-13H2,(H,24,25,27)/t17-/m0/s1. The number of hydrogen-bond donors (Lipinski definition) is 1. The average Bonchev–Trinajstić information content (AvgIpc) is 3.01. The lowest BCUT2D eigenvalue weighted by Gasteiger charge is -2.20. The zero-order valence-electron chi connectivity index (χ0n) is 15.5. The summed E-state index contributed by atoms with van der Waals surface area (Å²) in [5.74, 6) is 0.609. The first kappa shape index (κ1) is 18.1. The minimum atomic E-state index is -0.414. The van der Waals surface area contributed by atoms with Gasteiger partial charge in [-0.05, 0) is 42.9 Å². The fourth-order valence-corrected chi connectivity index (χ4v) is 3.73. The van der Waals surface area contributed by atoms with E-state index in [-0.39, 0.29) is 11.5 Å². The minimum absolute atomic E-state index is 0.0887. The Morgan fingerprint density at radius 2 is 1.89 bits per heavy atom. The highest BCUT2D eigenvalue weighted by Crippen LogP contribution is 2.28. The van der Waals surface area contributed by atoms with Crippen molar-refractivity contribution in [2.45, 2.75) is 25.2 Å². The highest BCUT2D eigenvalue weighted by Gasteiger charge is 2.24. The van der Waals surface area contributed by atoms with Crippen molar-refractivity contribution in [2.75, 3.05) is 13.1 Å². The third-order valence-corrected chi connectivity index (χ3v) is 5.25. The monoisotopic (exact) mass is 374 g/mol. The van der Waals surface area contributed by atoms with Gasteiger partial charge in [-0.25, -0.2) is 4.98 Å². The second kappa shape index (κ2) is 8.17. The first-order valence-corrected chi connectivity index (χ1v) is 9.56. The van der Waals surface area contributed by atoms with E-state index in [2.05, 4.69) is 39.2 Å². The lowest BCUT2D eigenvalue weighted by molar-refractivity contribution is 0.0759. The van der Waals surface area contributed by atoms with Crippen LogP contribution in [0.25, 0.3) is 11.4 Å². The summed E-state index contributed by atoms with van der Waals surface area (Å²) < 4.78 is 0. The summed E-state index contributed by atoms with van der Waals surface area (Å²) in [6.45, 7) is 1.30. The smallest absolute Gasteiger partial charge is 0.264 e. The Morgan fingerprint density at radius 3 is 2.64 bits per heavy atom. The van der Waals surface area contributed by atoms with Gasteiger partial charge < -0.3 is 9.88 Å². The predicted molar refractivity (Wildman–Crippen MR) is 107 cm³/mol. The van der Waals surface area contributed by atoms with Gasteiger partial charge in [-0.2, -0.15) is 0 Å². The Morgan fingerprint density at radius 1 is 1.04 bits per heavy atom. The molecule has 1 atom stereocenters. The molecule has 6 nitrogen and oxygen atoms in total. The van der Waals surface area contributed by atoms with Gasteiger partial charge in [0.15, 0.2) is 0 Å². The summed E-state index contributed by atoms with van der Waals surface area (Å²) >= 11 is 0. The van der Waals surface area contributed by atoms with E-state index in [4.69, 9.17) is 0 Å². The van der Waals surface area contributed by atoms with Gasteiger partial charge in [0.05, 0.1) is 0 Å². The molecule has 2 aromatic heterocycles. The molecule has 0 saturated carbocycles. The van der Waals surface area contributed by atoms with Gasteiger partial charge >= 0.3 is 0 Å². The summed E-state index contributed by atoms with van der Waals surface area (Å²) in [7, 11) is 0. The number of hydrogen-bond acceptors (Lipinski definition) is 4. The van der Waals surface area contributed by atoms with Gasteiger partial charge in [-0.15, -0.1) is 0 Å². The molecule has 0 aliphatic carbocycles. The normalized spacial score (nSPS) is 17.1. The molecular weight excluding hydrogens is 352 g/mol. The molecule has 1 fully saturated rings. The molecule has 0 spiro atoms. The van der Waals surface area contributed by atoms with Crippen molar-refractivity contribution >= 4 is 5.91 Å². The minimum Gasteiger partial charge on any atom is -0.338 e. The third-order valence-electron chi connectivity index (χ3n) is 5.25. The van der Waals surface area contributed by atoms with Crippen LogP contribution in [0, 0.1) is 0 Å². The molecule has 1 aromatic carbocycles. The Kier molecular flexibility index (Phi) is 5.28. The summed E-state index contributed by atoms with van der Waals surface area (Å²) in [6, 6.07) is 14.0. The molecule has 1 aliphatic heterocycles. The maximum atomic E-state index is 12.9. The largest absolute Gasteiger partial charge is 0.338 e. The number of H-pyrrole nitrogens is 1. The van der Waals surface area contributed by atoms with Gasteiger partial charge in [0.1, 0.15) is 11.4 Å². The fraction of sp³-hybridized carbons (Fsp3) is 0.273. The average molecular weight is 374 g/mol. The van der Waals surface area contributed by atoms with Crippen molar-refractivity contribution in [2.24, 2.45) is 0 Å². The summed E-state index contributed by atoms with van der Waals surface area (Å²) in [5.41, 5.74) is 1.70. The molecule has 0 bridgehead atoms. The van der Waals surface area contributed by atoms with E-state index in [1.807, 2.05) is 12.1 Å². The third kappa shape index (κ3) is 3.86. The molecule has 4 rings (SSSR count). The molecule has 1 saturated heterocycles. The number of carbonyl (C=O) groups is 1. The molecule has 0 radical (unpaired) electrons. The number of pyridine rings is 1. The van der Waals surface area contributed by atoms with Crippen molar-refractivity contribution in [3.05, 3.63) is 82.5 Å². The van der Waals surface area contributed by atoms with E-state index in [1.165, 1.54) is 11.8 Å². The number of aromatic amines is 1. The van der Waals surface area contributed by atoms with Gasteiger partial charge in [-0.3, -0.25) is 14.6 Å². The van der Waals surface area contributed by atoms with Gasteiger partial charge in [-0.1, -0.05) is 30.3 Å². The summed E-state index contributed by atoms with van der Waals surface area (Å²) in [5, 5.41) is 0. The first-order chi connectivity index (χ1) is 13.7. The maximum absolute atomic E-state index is 12.9. The van der Waals surface area contributed by atoms with Crippen LogP contribution in [0.5, 0.6) is 0 Å². The second-order valence-corrected chi connectivity index (χ2v) is 7.05. The van der Waals surface area contributed by atoms with Crippen LogP contribution < -0.4 is 5.56 Å². The molecule has 0 unspecified atom stereocenters. The number of carbonyl (C=O) groups excluding carboxylic acids is 1. The van der Waals surface area contributed by atoms with Gasteiger partial charge in [0.2, 0.25) is 0 Å². The van der Waals surface area contributed by atoms with Crippen LogP contribution in [0.1, 0.15) is 41.1 Å². The van der Waals surface area contributed by atoms with Crippen LogP contribution in [0.4, 0.5) is 0 Å². The van der Waals surface area contributed by atoms with Crippen LogP contribution >= 0.6 is 0 Å². The van der Waals surface area contributed by atoms with Gasteiger partial charge in [0.25, 0.3) is 11.5 Å². The maximum Gasteiger partial charge on any atom is 0.264 e. The van der Waals surface area contributed by atoms with Crippen molar-refractivity contribution in [1.82, 2.24) is 19.9 Å². The molecule has 3 heterocycles. The SMILES string of the molecule is O=C(c1cnc(-c2cccnc2)[nH]c1=O)N1CCC[C@H](c2ccccc2)CC1. The highest BCUT2D eigenvalue weighted by molar-refractivity contribution is 5.93. The topological polar surface area (TPSA) is 79.0 Å². The lowest BCUT2D eigenvalue weighted by Crippen LogP contribution is -2.35. The summed E-state index contributed by atoms with van der Waals surface area (Å²) in [6.07, 6.45) is 7.52. The van der Waals surface area contributed by atoms with Crippen LogP contribution in [-0.2, 0) is 0 Å². The molecule has 6 heteroatoms. The number of rotatable bonds is 3. The Labute approximate surface area is 163 Å². The van der Waals surface area contributed by atoms with Crippen molar-refractivity contribution in [3.63, 3.8) is 0 Å². The quantitative estimate of drug-likeness (QED) is 0.763. The molecular formula is C22H22N4O2. The number of amides is 1. The van der Waals surface area contributed by atoms with Crippen LogP contribution in [-0.4, -0.2) is 38.8 Å². The fourth-order valence-electron chi connectivity index (χ4n) is 3.73. The Bertz CT molecular complexity index is 1000. The highest BCUT2D eigenvalue weighted by atomic mass is 16.2. The van der Waals surface area contributed by atoms with Crippen molar-refractivity contribution in [1.29, 1.82) is 0 Å². The van der Waals surface area contributed by atoms with E-state index in [0.29, 0.717) is 30.4 Å². The number of nitrogens with one attached hydrogen (secondary N) is 1. The van der Waals surface area contributed by atoms with Gasteiger partial charge in [0, 0.05) is 37.2 Å². The predicted octanol–water partition coefficient (Wildman–Crippen LogP) is 3.24. The Hall–Kier alpha value is -3.28. The second-order valence-electron chi connectivity index (χ2n) is 7.05. The van der Waals surface area contributed by atoms with Crippen LogP contribution in [0.2, 0.25) is 0 Å². The molecule has 1 N–H and O–H groups in total. The van der Waals surface area contributed by atoms with E-state index in [9.17, 15) is 9.59 Å². The lowest BCUT2D eigenvalue weighted by atomic mass is 9.92. The van der Waals surface area contributed by atoms with E-state index < -0.39 is 5.56 Å². The molecule has 1 amide bonds. The number of benzene rings is 1. The molecule has 1 aliphatic rings. The van der Waals surface area contributed by atoms with Crippen LogP contribution in [0.15, 0.2) is 65.8 Å². The Balaban J connectivity index is 1.49. The van der Waals surface area contributed by atoms with Crippen LogP contribution in [0.3, 0.4) is 0 Å². The number of nitrogens with zero attached hydrogens (tertiary/aromatic N) is 3. The zero-order valence-corrected chi connectivity index (χ0v) is 15.5. The van der Waals surface area contributed by atoms with E-state index in [0.717, 1.165) is 19.3 Å². The first-order valence-electron chi connectivity index (χ1n) is 9.56. The summed E-state index contributed by atoms with van der Waals surface area (Å²) in [4.78, 5) is 38.2. The zero-order chi connectivity index (χ0) is 19.3. The number of aromatic nitrogens is 3. The molecule has 28 heavy (non-hydrogen) atoms. The van der Waals surface area contributed by atoms with E-state index >= 15 is 0 Å². The van der Waals surface area contributed by atoms with E-state index in [1.54, 1.807) is 23.4 Å².